The number of nitrogens with zero attached hydrogens (tertiary/aromatic N) is 5. The van der Waals surface area contributed by atoms with E-state index in [2.05, 4.69) is 15.7 Å². The summed E-state index contributed by atoms with van der Waals surface area (Å²) in [4.78, 5) is 38.2. The van der Waals surface area contributed by atoms with Gasteiger partial charge in [0.15, 0.2) is 5.82 Å². The number of anilines is 1. The molecule has 4 aliphatic rings. The van der Waals surface area contributed by atoms with Crippen LogP contribution in [0.1, 0.15) is 61.9 Å². The minimum absolute atomic E-state index is 0.0730. The molecule has 3 saturated carbocycles. The zero-order valence-electron chi connectivity index (χ0n) is 20.2. The third kappa shape index (κ3) is 4.15. The first kappa shape index (κ1) is 22.2. The molecule has 188 valence electrons. The van der Waals surface area contributed by atoms with Gasteiger partial charge in [0.2, 0.25) is 5.91 Å². The van der Waals surface area contributed by atoms with Crippen molar-refractivity contribution >= 4 is 33.8 Å². The number of carbonyl (C=O) groups excluding carboxylic acids is 2. The standard InChI is InChI=1S/C26H31N7O2S/c34-24(16-3-4-16)28-18-5-7-32(8-6-18)25(35)21-13-22(29-20-12-15-1-2-17(20)11-15)31-23(30-21)19-14-27-33-9-10-36-26(19)33/h9-10,13-18,20H,1-8,11-12H2,(H,28,34)(H,29,30,31)/t15?,17-,20?/m1/s1. The average Bonchev–Trinajstić information content (AvgIpc) is 3.20. The average molecular weight is 506 g/mol. The summed E-state index contributed by atoms with van der Waals surface area (Å²) in [5.74, 6) is 3.09. The van der Waals surface area contributed by atoms with Gasteiger partial charge in [0.05, 0.1) is 11.8 Å². The van der Waals surface area contributed by atoms with Crippen LogP contribution in [0, 0.1) is 17.8 Å². The predicted octanol–water partition coefficient (Wildman–Crippen LogP) is 3.58. The SMILES string of the molecule is O=C(NC1CCN(C(=O)c2cc(NC3CC4CC[C@@H]3C4)nc(-c3cnn4ccsc34)n2)CC1)C1CC1. The Bertz CT molecular complexity index is 1310. The summed E-state index contributed by atoms with van der Waals surface area (Å²) in [5.41, 5.74) is 1.26. The van der Waals surface area contributed by atoms with Gasteiger partial charge in [0, 0.05) is 48.7 Å². The normalized spacial score (nSPS) is 26.0. The van der Waals surface area contributed by atoms with Gasteiger partial charge in [-0.15, -0.1) is 11.3 Å². The second kappa shape index (κ2) is 8.83. The van der Waals surface area contributed by atoms with Gasteiger partial charge in [0.25, 0.3) is 5.91 Å². The lowest BCUT2D eigenvalue weighted by Gasteiger charge is -2.32. The lowest BCUT2D eigenvalue weighted by molar-refractivity contribution is -0.123. The minimum atomic E-state index is -0.0730. The van der Waals surface area contributed by atoms with Crippen molar-refractivity contribution in [3.63, 3.8) is 0 Å². The molecule has 2 N–H and O–H groups in total. The van der Waals surface area contributed by atoms with E-state index >= 15 is 0 Å². The number of likely N-dealkylation sites (tertiary alicyclic amines) is 1. The van der Waals surface area contributed by atoms with Crippen LogP contribution < -0.4 is 10.6 Å². The molecule has 9 nitrogen and oxygen atoms in total. The molecule has 0 radical (unpaired) electrons. The molecule has 4 fully saturated rings. The Morgan fingerprint density at radius 1 is 1.03 bits per heavy atom. The van der Waals surface area contributed by atoms with E-state index in [-0.39, 0.29) is 23.8 Å². The Balaban J connectivity index is 1.13. The van der Waals surface area contributed by atoms with Crippen molar-refractivity contribution in [2.45, 2.75) is 63.5 Å². The fraction of sp³-hybridized carbons (Fsp3) is 0.577. The molecule has 2 amide bonds. The minimum Gasteiger partial charge on any atom is -0.367 e. The van der Waals surface area contributed by atoms with Crippen molar-refractivity contribution in [1.82, 2.24) is 29.8 Å². The third-order valence-corrected chi connectivity index (χ3v) is 9.35. The molecule has 3 aliphatic carbocycles. The summed E-state index contributed by atoms with van der Waals surface area (Å²) in [6.07, 6.45) is 12.4. The van der Waals surface area contributed by atoms with Crippen LogP contribution in [0.25, 0.3) is 16.2 Å². The van der Waals surface area contributed by atoms with Crippen LogP contribution in [0.2, 0.25) is 0 Å². The number of rotatable bonds is 6. The maximum Gasteiger partial charge on any atom is 0.272 e. The highest BCUT2D eigenvalue weighted by atomic mass is 32.1. The number of aromatic nitrogens is 4. The zero-order valence-corrected chi connectivity index (χ0v) is 21.0. The summed E-state index contributed by atoms with van der Waals surface area (Å²) in [7, 11) is 0. The molecule has 0 aromatic carbocycles. The van der Waals surface area contributed by atoms with Crippen LogP contribution in [0.5, 0.6) is 0 Å². The van der Waals surface area contributed by atoms with E-state index in [9.17, 15) is 9.59 Å². The van der Waals surface area contributed by atoms with E-state index in [1.807, 2.05) is 27.1 Å². The van der Waals surface area contributed by atoms with Gasteiger partial charge >= 0.3 is 0 Å². The molecular weight excluding hydrogens is 474 g/mol. The molecule has 1 aliphatic heterocycles. The first-order valence-corrected chi connectivity index (χ1v) is 14.1. The van der Waals surface area contributed by atoms with E-state index in [4.69, 9.17) is 9.97 Å². The summed E-state index contributed by atoms with van der Waals surface area (Å²) >= 11 is 1.59. The van der Waals surface area contributed by atoms with Crippen molar-refractivity contribution < 1.29 is 9.59 Å². The van der Waals surface area contributed by atoms with Gasteiger partial charge < -0.3 is 15.5 Å². The molecule has 36 heavy (non-hydrogen) atoms. The van der Waals surface area contributed by atoms with Crippen LogP contribution in [0.15, 0.2) is 23.8 Å². The van der Waals surface area contributed by atoms with E-state index in [1.54, 1.807) is 17.5 Å². The molecule has 2 bridgehead atoms. The van der Waals surface area contributed by atoms with Gasteiger partial charge in [0.1, 0.15) is 16.3 Å². The second-order valence-corrected chi connectivity index (χ2v) is 11.8. The summed E-state index contributed by atoms with van der Waals surface area (Å²) < 4.78 is 1.82. The Hall–Kier alpha value is -3.01. The van der Waals surface area contributed by atoms with Crippen LogP contribution in [-0.4, -0.2) is 61.5 Å². The van der Waals surface area contributed by atoms with Crippen molar-refractivity contribution in [3.8, 4) is 11.4 Å². The first-order valence-electron chi connectivity index (χ1n) is 13.3. The number of carbonyl (C=O) groups is 2. The van der Waals surface area contributed by atoms with Gasteiger partial charge in [-0.1, -0.05) is 6.42 Å². The number of hydrogen-bond donors (Lipinski definition) is 2. The number of piperidine rings is 1. The predicted molar refractivity (Wildman–Crippen MR) is 137 cm³/mol. The molecular formula is C26H31N7O2S. The fourth-order valence-electron chi connectivity index (χ4n) is 6.30. The lowest BCUT2D eigenvalue weighted by Crippen LogP contribution is -2.47. The Labute approximate surface area is 213 Å². The van der Waals surface area contributed by atoms with E-state index in [0.717, 1.165) is 47.8 Å². The molecule has 0 spiro atoms. The summed E-state index contributed by atoms with van der Waals surface area (Å²) in [6.45, 7) is 1.23. The molecule has 3 atom stereocenters. The van der Waals surface area contributed by atoms with Crippen molar-refractivity contribution in [2.24, 2.45) is 17.8 Å². The first-order chi connectivity index (χ1) is 17.6. The number of fused-ring (bicyclic) bond motifs is 3. The zero-order chi connectivity index (χ0) is 24.2. The van der Waals surface area contributed by atoms with Crippen LogP contribution in [0.4, 0.5) is 5.82 Å². The van der Waals surface area contributed by atoms with Gasteiger partial charge in [-0.2, -0.15) is 5.10 Å². The van der Waals surface area contributed by atoms with Gasteiger partial charge in [-0.05, 0) is 56.8 Å². The van der Waals surface area contributed by atoms with Crippen molar-refractivity contribution in [2.75, 3.05) is 18.4 Å². The number of hydrogen-bond acceptors (Lipinski definition) is 7. The number of thiazole rings is 1. The monoisotopic (exact) mass is 505 g/mol. The quantitative estimate of drug-likeness (QED) is 0.531. The molecule has 1 saturated heterocycles. The highest BCUT2D eigenvalue weighted by Gasteiger charge is 2.40. The second-order valence-electron chi connectivity index (χ2n) is 10.9. The summed E-state index contributed by atoms with van der Waals surface area (Å²) in [6, 6.07) is 2.39. The van der Waals surface area contributed by atoms with Crippen LogP contribution >= 0.6 is 11.3 Å². The Kier molecular flexibility index (Phi) is 5.45. The molecule has 10 heteroatoms. The van der Waals surface area contributed by atoms with Gasteiger partial charge in [-0.3, -0.25) is 9.59 Å². The smallest absolute Gasteiger partial charge is 0.272 e. The Morgan fingerprint density at radius 3 is 2.64 bits per heavy atom. The number of amides is 2. The van der Waals surface area contributed by atoms with Crippen LogP contribution in [-0.2, 0) is 4.79 Å². The molecule has 2 unspecified atom stereocenters. The highest BCUT2D eigenvalue weighted by Crippen LogP contribution is 2.45. The van der Waals surface area contributed by atoms with E-state index in [0.29, 0.717) is 36.6 Å². The molecule has 3 aromatic heterocycles. The van der Waals surface area contributed by atoms with E-state index < -0.39 is 0 Å². The maximum atomic E-state index is 13.6. The fourth-order valence-corrected chi connectivity index (χ4v) is 7.09. The Morgan fingerprint density at radius 2 is 1.89 bits per heavy atom. The third-order valence-electron chi connectivity index (χ3n) is 8.47. The lowest BCUT2D eigenvalue weighted by atomic mass is 9.95. The molecule has 3 aromatic rings. The topological polar surface area (TPSA) is 105 Å². The van der Waals surface area contributed by atoms with Crippen LogP contribution in [0.3, 0.4) is 0 Å². The largest absolute Gasteiger partial charge is 0.367 e. The molecule has 7 rings (SSSR count). The maximum absolute atomic E-state index is 13.6. The number of nitrogens with one attached hydrogen (secondary N) is 2. The summed E-state index contributed by atoms with van der Waals surface area (Å²) in [5, 5.41) is 13.2. The highest BCUT2D eigenvalue weighted by molar-refractivity contribution is 7.16. The molecule has 4 heterocycles. The van der Waals surface area contributed by atoms with Gasteiger partial charge in [-0.25, -0.2) is 14.5 Å². The van der Waals surface area contributed by atoms with E-state index in [1.165, 1.54) is 25.7 Å². The van der Waals surface area contributed by atoms with Crippen molar-refractivity contribution in [3.05, 3.63) is 29.5 Å². The van der Waals surface area contributed by atoms with Crippen molar-refractivity contribution in [1.29, 1.82) is 0 Å².